The second-order valence-corrected chi connectivity index (χ2v) is 5.48. The number of non-ortho nitro benzene ring substituents is 1. The predicted octanol–water partition coefficient (Wildman–Crippen LogP) is 2.50. The van der Waals surface area contributed by atoms with Gasteiger partial charge in [0.15, 0.2) is 0 Å². The van der Waals surface area contributed by atoms with E-state index >= 15 is 0 Å². The maximum absolute atomic E-state index is 11.9. The summed E-state index contributed by atoms with van der Waals surface area (Å²) < 4.78 is 0. The number of nitro benzene ring substituents is 1. The van der Waals surface area contributed by atoms with Crippen molar-refractivity contribution in [1.29, 1.82) is 0 Å². The molecule has 126 valence electrons. The Labute approximate surface area is 142 Å². The van der Waals surface area contributed by atoms with Crippen LogP contribution in [0.15, 0.2) is 58.4 Å². The van der Waals surface area contributed by atoms with Crippen molar-refractivity contribution in [3.05, 3.63) is 84.9 Å². The van der Waals surface area contributed by atoms with Gasteiger partial charge >= 0.3 is 0 Å². The number of anilines is 3. The first kappa shape index (κ1) is 16.3. The van der Waals surface area contributed by atoms with Gasteiger partial charge in [-0.25, -0.2) is 0 Å². The van der Waals surface area contributed by atoms with E-state index in [1.165, 1.54) is 12.1 Å². The van der Waals surface area contributed by atoms with Crippen LogP contribution in [0.25, 0.3) is 0 Å². The minimum absolute atomic E-state index is 0.00916. The van der Waals surface area contributed by atoms with Crippen molar-refractivity contribution < 1.29 is 4.92 Å². The highest BCUT2D eigenvalue weighted by Crippen LogP contribution is 2.25. The van der Waals surface area contributed by atoms with Crippen LogP contribution in [0, 0.1) is 10.1 Å². The van der Waals surface area contributed by atoms with E-state index < -0.39 is 15.8 Å². The van der Waals surface area contributed by atoms with Crippen LogP contribution in [0.3, 0.4) is 0 Å². The number of benzene rings is 1. The minimum Gasteiger partial charge on any atom is -0.373 e. The van der Waals surface area contributed by atoms with Crippen LogP contribution in [-0.2, 0) is 0 Å². The van der Waals surface area contributed by atoms with Gasteiger partial charge in [0.25, 0.3) is 16.5 Å². The molecule has 0 saturated heterocycles. The maximum Gasteiger partial charge on any atom is 0.269 e. The first-order valence-electron chi connectivity index (χ1n) is 7.48. The van der Waals surface area contributed by atoms with Crippen molar-refractivity contribution in [2.75, 3.05) is 10.6 Å². The molecule has 1 atom stereocenters. The van der Waals surface area contributed by atoms with Crippen molar-refractivity contribution >= 4 is 22.7 Å². The van der Waals surface area contributed by atoms with Gasteiger partial charge in [-0.1, -0.05) is 12.1 Å². The Bertz CT molecular complexity index is 976. The molecule has 8 nitrogen and oxygen atoms in total. The number of nitrogens with zero attached hydrogens (tertiary/aromatic N) is 2. The highest BCUT2D eigenvalue weighted by molar-refractivity contribution is 5.78. The minimum atomic E-state index is -0.592. The first-order chi connectivity index (χ1) is 12.0. The Morgan fingerprint density at radius 3 is 2.20 bits per heavy atom. The normalized spacial score (nSPS) is 11.9. The number of hydrogen-bond acceptors (Lipinski definition) is 7. The highest BCUT2D eigenvalue weighted by atomic mass is 16.6. The van der Waals surface area contributed by atoms with Crippen LogP contribution in [-0.4, -0.2) is 9.91 Å². The summed E-state index contributed by atoms with van der Waals surface area (Å²) in [5.74, 6) is 0. The van der Waals surface area contributed by atoms with E-state index in [4.69, 9.17) is 0 Å². The number of pyridine rings is 1. The van der Waals surface area contributed by atoms with Crippen LogP contribution in [0.2, 0.25) is 0 Å². The van der Waals surface area contributed by atoms with Crippen molar-refractivity contribution in [3.8, 4) is 0 Å². The highest BCUT2D eigenvalue weighted by Gasteiger charge is 2.23. The summed E-state index contributed by atoms with van der Waals surface area (Å²) in [6.07, 6.45) is 3.14. The standard InChI is InChI=1S/C17H14N4O4/c1-10(11-2-4-13(5-3-11)21(24)25)19-14-15(17(23)16(14)22)20-12-6-8-18-9-7-12/h2-10,19H,1H3,(H,18,20)/t10-/m1/s1. The molecule has 0 unspecified atom stereocenters. The van der Waals surface area contributed by atoms with Crippen LogP contribution < -0.4 is 21.5 Å². The molecule has 0 aliphatic carbocycles. The van der Waals surface area contributed by atoms with Crippen molar-refractivity contribution in [3.63, 3.8) is 0 Å². The van der Waals surface area contributed by atoms with Crippen molar-refractivity contribution in [1.82, 2.24) is 4.98 Å². The molecule has 1 heterocycles. The molecule has 2 N–H and O–H groups in total. The lowest BCUT2D eigenvalue weighted by Gasteiger charge is -2.19. The quantitative estimate of drug-likeness (QED) is 0.403. The van der Waals surface area contributed by atoms with Gasteiger partial charge in [0, 0.05) is 36.3 Å². The average Bonchev–Trinajstić information content (AvgIpc) is 2.65. The molecule has 1 aromatic heterocycles. The Hall–Kier alpha value is -3.55. The zero-order chi connectivity index (χ0) is 18.0. The van der Waals surface area contributed by atoms with Gasteiger partial charge < -0.3 is 10.6 Å². The second kappa shape index (κ2) is 6.52. The van der Waals surface area contributed by atoms with E-state index in [2.05, 4.69) is 15.6 Å². The molecule has 0 amide bonds. The SMILES string of the molecule is C[C@@H](Nc1c(Nc2ccncc2)c(=O)c1=O)c1ccc([N+](=O)[O-])cc1. The summed E-state index contributed by atoms with van der Waals surface area (Å²) in [7, 11) is 0. The Kier molecular flexibility index (Phi) is 4.25. The summed E-state index contributed by atoms with van der Waals surface area (Å²) >= 11 is 0. The topological polar surface area (TPSA) is 114 Å². The second-order valence-electron chi connectivity index (χ2n) is 5.48. The largest absolute Gasteiger partial charge is 0.373 e. The third-order valence-electron chi connectivity index (χ3n) is 3.82. The van der Waals surface area contributed by atoms with E-state index in [9.17, 15) is 19.7 Å². The number of aromatic nitrogens is 1. The van der Waals surface area contributed by atoms with Crippen molar-refractivity contribution in [2.45, 2.75) is 13.0 Å². The molecular formula is C17H14N4O4. The molecule has 8 heteroatoms. The van der Waals surface area contributed by atoms with Gasteiger partial charge in [-0.3, -0.25) is 24.7 Å². The van der Waals surface area contributed by atoms with Crippen LogP contribution in [0.5, 0.6) is 0 Å². The lowest BCUT2D eigenvalue weighted by Crippen LogP contribution is -2.37. The van der Waals surface area contributed by atoms with Crippen LogP contribution in [0.1, 0.15) is 18.5 Å². The molecule has 0 aliphatic heterocycles. The van der Waals surface area contributed by atoms with E-state index in [0.29, 0.717) is 5.69 Å². The zero-order valence-electron chi connectivity index (χ0n) is 13.2. The summed E-state index contributed by atoms with van der Waals surface area (Å²) in [5, 5.41) is 16.6. The smallest absolute Gasteiger partial charge is 0.269 e. The number of nitro groups is 1. The molecule has 0 saturated carbocycles. The summed E-state index contributed by atoms with van der Waals surface area (Å²) in [6.45, 7) is 1.80. The Balaban J connectivity index is 1.79. The lowest BCUT2D eigenvalue weighted by molar-refractivity contribution is -0.384. The van der Waals surface area contributed by atoms with Gasteiger partial charge in [-0.2, -0.15) is 0 Å². The van der Waals surface area contributed by atoms with Gasteiger partial charge in [0.2, 0.25) is 0 Å². The molecule has 3 aromatic rings. The first-order valence-corrected chi connectivity index (χ1v) is 7.48. The molecule has 0 aliphatic rings. The predicted molar refractivity (Wildman–Crippen MR) is 94.0 cm³/mol. The molecule has 2 aromatic carbocycles. The molecule has 25 heavy (non-hydrogen) atoms. The molecule has 0 radical (unpaired) electrons. The lowest BCUT2D eigenvalue weighted by atomic mass is 10.1. The zero-order valence-corrected chi connectivity index (χ0v) is 13.2. The average molecular weight is 338 g/mol. The molecule has 0 fully saturated rings. The Morgan fingerprint density at radius 1 is 1.00 bits per heavy atom. The molecule has 3 rings (SSSR count). The van der Waals surface area contributed by atoms with Crippen LogP contribution in [0.4, 0.5) is 22.7 Å². The fourth-order valence-electron chi connectivity index (χ4n) is 2.41. The fourth-order valence-corrected chi connectivity index (χ4v) is 2.41. The number of rotatable bonds is 6. The van der Waals surface area contributed by atoms with Gasteiger partial charge in [-0.05, 0) is 24.6 Å². The summed E-state index contributed by atoms with van der Waals surface area (Å²) in [6, 6.07) is 9.06. The Morgan fingerprint density at radius 2 is 1.60 bits per heavy atom. The van der Waals surface area contributed by atoms with Gasteiger partial charge in [0.05, 0.1) is 4.92 Å². The van der Waals surface area contributed by atoms with E-state index in [1.54, 1.807) is 43.6 Å². The van der Waals surface area contributed by atoms with E-state index in [-0.39, 0.29) is 23.1 Å². The monoisotopic (exact) mass is 338 g/mol. The van der Waals surface area contributed by atoms with Crippen molar-refractivity contribution in [2.24, 2.45) is 0 Å². The van der Waals surface area contributed by atoms with E-state index in [0.717, 1.165) is 5.56 Å². The van der Waals surface area contributed by atoms with Gasteiger partial charge in [-0.15, -0.1) is 0 Å². The van der Waals surface area contributed by atoms with Gasteiger partial charge in [0.1, 0.15) is 11.4 Å². The molecule has 0 spiro atoms. The fraction of sp³-hybridized carbons (Fsp3) is 0.118. The molecular weight excluding hydrogens is 324 g/mol. The summed E-state index contributed by atoms with van der Waals surface area (Å²) in [5.41, 5.74) is 0.616. The van der Waals surface area contributed by atoms with E-state index in [1.807, 2.05) is 0 Å². The molecule has 0 bridgehead atoms. The number of hydrogen-bond donors (Lipinski definition) is 2. The number of nitrogens with one attached hydrogen (secondary N) is 2. The summed E-state index contributed by atoms with van der Waals surface area (Å²) in [4.78, 5) is 37.8. The third kappa shape index (κ3) is 3.23. The maximum atomic E-state index is 11.9. The van der Waals surface area contributed by atoms with Crippen LogP contribution >= 0.6 is 0 Å². The third-order valence-corrected chi connectivity index (χ3v) is 3.82.